The Bertz CT molecular complexity index is 749. The molecule has 4 heteroatoms. The molecule has 0 aliphatic heterocycles. The highest BCUT2D eigenvalue weighted by Gasteiger charge is 2.23. The molecule has 1 atom stereocenters. The number of fused-ring (bicyclic) bond motifs is 2. The van der Waals surface area contributed by atoms with Crippen LogP contribution in [-0.4, -0.2) is 11.4 Å². The first-order chi connectivity index (χ1) is 9.52. The van der Waals surface area contributed by atoms with Crippen LogP contribution in [0.3, 0.4) is 0 Å². The molecule has 0 aliphatic rings. The van der Waals surface area contributed by atoms with E-state index >= 15 is 0 Å². The molecule has 0 amide bonds. The maximum Gasteiger partial charge on any atom is 0.177 e. The van der Waals surface area contributed by atoms with Crippen molar-refractivity contribution in [2.45, 2.75) is 33.1 Å². The molecule has 1 N–H and O–H groups in total. The van der Waals surface area contributed by atoms with Gasteiger partial charge in [-0.25, -0.2) is 0 Å². The van der Waals surface area contributed by atoms with Gasteiger partial charge in [0.1, 0.15) is 23.4 Å². The third-order valence-corrected chi connectivity index (χ3v) is 3.66. The normalized spacial score (nSPS) is 13.2. The monoisotopic (exact) mass is 272 g/mol. The fourth-order valence-electron chi connectivity index (χ4n) is 2.78. The van der Waals surface area contributed by atoms with Crippen LogP contribution in [0.4, 0.5) is 0 Å². The number of benzene rings is 1. The first-order valence-electron chi connectivity index (χ1n) is 6.61. The van der Waals surface area contributed by atoms with E-state index in [2.05, 4.69) is 0 Å². The van der Waals surface area contributed by atoms with Crippen molar-refractivity contribution in [2.24, 2.45) is 0 Å². The molecule has 0 saturated carbocycles. The van der Waals surface area contributed by atoms with Gasteiger partial charge in [0.2, 0.25) is 0 Å². The quantitative estimate of drug-likeness (QED) is 0.726. The third kappa shape index (κ3) is 1.72. The van der Waals surface area contributed by atoms with Gasteiger partial charge in [-0.1, -0.05) is 6.92 Å². The van der Waals surface area contributed by atoms with Gasteiger partial charge >= 0.3 is 0 Å². The minimum absolute atomic E-state index is 0.000602. The second kappa shape index (κ2) is 4.40. The minimum atomic E-state index is 0.000602. The summed E-state index contributed by atoms with van der Waals surface area (Å²) in [4.78, 5) is 10.8. The van der Waals surface area contributed by atoms with E-state index in [1.54, 1.807) is 6.07 Å². The Balaban J connectivity index is 2.47. The number of phenols is 1. The number of furan rings is 2. The van der Waals surface area contributed by atoms with E-state index in [0.717, 1.165) is 28.8 Å². The number of hydrogen-bond donors (Lipinski definition) is 1. The molecule has 3 rings (SSSR count). The molecular weight excluding hydrogens is 256 g/mol. The Hall–Kier alpha value is -2.23. The van der Waals surface area contributed by atoms with Crippen LogP contribution in [0.2, 0.25) is 0 Å². The number of rotatable bonds is 3. The van der Waals surface area contributed by atoms with Crippen molar-refractivity contribution in [3.63, 3.8) is 0 Å². The molecule has 0 aliphatic carbocycles. The van der Waals surface area contributed by atoms with Crippen LogP contribution in [0.5, 0.6) is 5.75 Å². The lowest BCUT2D eigenvalue weighted by atomic mass is 9.93. The average molecular weight is 272 g/mol. The number of hydrogen-bond acceptors (Lipinski definition) is 4. The molecule has 0 bridgehead atoms. The molecule has 0 fully saturated rings. The number of aldehydes is 1. The summed E-state index contributed by atoms with van der Waals surface area (Å²) >= 11 is 0. The zero-order chi connectivity index (χ0) is 14.4. The highest BCUT2D eigenvalue weighted by molar-refractivity contribution is 6.05. The smallest absolute Gasteiger partial charge is 0.177 e. The summed E-state index contributed by atoms with van der Waals surface area (Å²) in [6, 6.07) is 3.67. The maximum absolute atomic E-state index is 10.8. The van der Waals surface area contributed by atoms with E-state index in [1.165, 1.54) is 0 Å². The van der Waals surface area contributed by atoms with Crippen molar-refractivity contribution in [1.82, 2.24) is 0 Å². The van der Waals surface area contributed by atoms with Gasteiger partial charge in [-0.2, -0.15) is 0 Å². The Morgan fingerprint density at radius 3 is 2.40 bits per heavy atom. The molecule has 1 aromatic carbocycles. The molecular formula is C16H16O4. The van der Waals surface area contributed by atoms with Gasteiger partial charge < -0.3 is 18.7 Å². The standard InChI is InChI=1S/C16H16O4/c1-8(4-5-17)13-11-6-9(2)20-16(11)14(18)12-7-10(3)19-15(12)13/h5-8,18H,4H2,1-3H3. The Morgan fingerprint density at radius 2 is 1.75 bits per heavy atom. The van der Waals surface area contributed by atoms with Crippen LogP contribution in [0.25, 0.3) is 21.9 Å². The van der Waals surface area contributed by atoms with Crippen LogP contribution in [0.15, 0.2) is 21.0 Å². The lowest BCUT2D eigenvalue weighted by Gasteiger charge is -2.11. The van der Waals surface area contributed by atoms with Crippen LogP contribution in [-0.2, 0) is 4.79 Å². The summed E-state index contributed by atoms with van der Waals surface area (Å²) in [6.45, 7) is 5.64. The number of phenolic OH excluding ortho intramolecular Hbond substituents is 1. The fraction of sp³-hybridized carbons (Fsp3) is 0.312. The van der Waals surface area contributed by atoms with Crippen LogP contribution in [0, 0.1) is 13.8 Å². The SMILES string of the molecule is Cc1cc2c(C(C)CC=O)c3oc(C)cc3c(O)c2o1. The summed E-state index contributed by atoms with van der Waals surface area (Å²) in [5, 5.41) is 11.8. The number of carbonyl (C=O) groups excluding carboxylic acids is 1. The molecule has 2 heterocycles. The molecule has 2 aromatic heterocycles. The number of carbonyl (C=O) groups is 1. The van der Waals surface area contributed by atoms with Crippen molar-refractivity contribution in [2.75, 3.05) is 0 Å². The van der Waals surface area contributed by atoms with Crippen LogP contribution in [0.1, 0.15) is 36.3 Å². The third-order valence-electron chi connectivity index (χ3n) is 3.66. The maximum atomic E-state index is 10.8. The van der Waals surface area contributed by atoms with Gasteiger partial charge in [0, 0.05) is 17.4 Å². The first kappa shape index (κ1) is 12.8. The van der Waals surface area contributed by atoms with E-state index < -0.39 is 0 Å². The predicted octanol–water partition coefficient (Wildman–Crippen LogP) is 4.19. The van der Waals surface area contributed by atoms with Gasteiger partial charge in [-0.15, -0.1) is 0 Å². The predicted molar refractivity (Wildman–Crippen MR) is 76.2 cm³/mol. The molecule has 20 heavy (non-hydrogen) atoms. The van der Waals surface area contributed by atoms with Gasteiger partial charge in [0.05, 0.1) is 5.39 Å². The Kier molecular flexibility index (Phi) is 2.82. The van der Waals surface area contributed by atoms with E-state index in [0.29, 0.717) is 23.0 Å². The van der Waals surface area contributed by atoms with Crippen molar-refractivity contribution >= 4 is 28.2 Å². The number of aromatic hydroxyl groups is 1. The highest BCUT2D eigenvalue weighted by Crippen LogP contribution is 2.43. The summed E-state index contributed by atoms with van der Waals surface area (Å²) in [7, 11) is 0. The molecule has 104 valence electrons. The van der Waals surface area contributed by atoms with E-state index in [4.69, 9.17) is 8.83 Å². The van der Waals surface area contributed by atoms with Gasteiger partial charge in [-0.05, 0) is 31.9 Å². The van der Waals surface area contributed by atoms with Crippen molar-refractivity contribution < 1.29 is 18.7 Å². The van der Waals surface area contributed by atoms with Crippen molar-refractivity contribution in [1.29, 1.82) is 0 Å². The first-order valence-corrected chi connectivity index (χ1v) is 6.61. The minimum Gasteiger partial charge on any atom is -0.504 e. The summed E-state index contributed by atoms with van der Waals surface area (Å²) in [6.07, 6.45) is 1.30. The highest BCUT2D eigenvalue weighted by atomic mass is 16.4. The van der Waals surface area contributed by atoms with E-state index in [1.807, 2.05) is 26.8 Å². The summed E-state index contributed by atoms with van der Waals surface area (Å²) < 4.78 is 11.4. The lowest BCUT2D eigenvalue weighted by molar-refractivity contribution is -0.108. The Labute approximate surface area is 116 Å². The lowest BCUT2D eigenvalue weighted by Crippen LogP contribution is -1.96. The summed E-state index contributed by atoms with van der Waals surface area (Å²) in [5.41, 5.74) is 2.02. The molecule has 3 aromatic rings. The average Bonchev–Trinajstić information content (AvgIpc) is 2.93. The van der Waals surface area contributed by atoms with Crippen molar-refractivity contribution in [3.8, 4) is 5.75 Å². The Morgan fingerprint density at radius 1 is 1.15 bits per heavy atom. The largest absolute Gasteiger partial charge is 0.504 e. The van der Waals surface area contributed by atoms with E-state index in [-0.39, 0.29) is 11.7 Å². The zero-order valence-corrected chi connectivity index (χ0v) is 11.7. The summed E-state index contributed by atoms with van der Waals surface area (Å²) in [5.74, 6) is 1.54. The molecule has 0 radical (unpaired) electrons. The molecule has 0 saturated heterocycles. The second-order valence-electron chi connectivity index (χ2n) is 5.27. The topological polar surface area (TPSA) is 63.6 Å². The van der Waals surface area contributed by atoms with Crippen molar-refractivity contribution in [3.05, 3.63) is 29.2 Å². The van der Waals surface area contributed by atoms with Gasteiger partial charge in [0.15, 0.2) is 11.3 Å². The van der Waals surface area contributed by atoms with E-state index in [9.17, 15) is 9.90 Å². The molecule has 0 spiro atoms. The van der Waals surface area contributed by atoms with Gasteiger partial charge in [-0.3, -0.25) is 0 Å². The van der Waals surface area contributed by atoms with Gasteiger partial charge in [0.25, 0.3) is 0 Å². The van der Waals surface area contributed by atoms with Crippen LogP contribution < -0.4 is 0 Å². The number of aryl methyl sites for hydroxylation is 2. The molecule has 4 nitrogen and oxygen atoms in total. The second-order valence-corrected chi connectivity index (χ2v) is 5.27. The zero-order valence-electron chi connectivity index (χ0n) is 11.7. The fourth-order valence-corrected chi connectivity index (χ4v) is 2.78. The van der Waals surface area contributed by atoms with Crippen LogP contribution >= 0.6 is 0 Å². The molecule has 1 unspecified atom stereocenters.